The van der Waals surface area contributed by atoms with E-state index in [0.717, 1.165) is 6.26 Å². The lowest BCUT2D eigenvalue weighted by atomic mass is 10.6. The van der Waals surface area contributed by atoms with Gasteiger partial charge in [-0.05, 0) is 0 Å². The lowest BCUT2D eigenvalue weighted by molar-refractivity contribution is 0.273. The summed E-state index contributed by atoms with van der Waals surface area (Å²) in [7, 11) is -3.93. The highest BCUT2D eigenvalue weighted by Gasteiger charge is 2.30. The minimum Gasteiger partial charge on any atom is -0.398 e. The molecule has 0 bridgehead atoms. The van der Waals surface area contributed by atoms with Crippen molar-refractivity contribution in [3.63, 3.8) is 0 Å². The number of rotatable bonds is 0. The van der Waals surface area contributed by atoms with Crippen LogP contribution in [0, 0.1) is 11.3 Å². The van der Waals surface area contributed by atoms with Crippen molar-refractivity contribution in [2.24, 2.45) is 0 Å². The summed E-state index contributed by atoms with van der Waals surface area (Å²) in [6.07, 6.45) is 0.806. The number of nitriles is 1. The van der Waals surface area contributed by atoms with Crippen molar-refractivity contribution in [2.45, 2.75) is 0 Å². The summed E-state index contributed by atoms with van der Waals surface area (Å²) in [5.74, 6) is -0.277. The summed E-state index contributed by atoms with van der Waals surface area (Å²) in [5.41, 5.74) is 0. The zero-order valence-electron chi connectivity index (χ0n) is 4.14. The van der Waals surface area contributed by atoms with E-state index in [-0.39, 0.29) is 5.76 Å². The van der Waals surface area contributed by atoms with Crippen LogP contribution in [0.4, 0.5) is 0 Å². The standard InChI is InChI=1S/C3H2NO4P/c4-1-3-2-7-9(5,6)8-3/h2H,(H,5,6). The summed E-state index contributed by atoms with van der Waals surface area (Å²) in [5, 5.41) is 8.04. The fourth-order valence-electron chi connectivity index (χ4n) is 0.329. The molecule has 1 aliphatic rings. The highest BCUT2D eigenvalue weighted by Crippen LogP contribution is 2.50. The molecule has 0 aromatic rings. The number of phosphoric ester groups is 1. The van der Waals surface area contributed by atoms with Gasteiger partial charge in [0.1, 0.15) is 12.3 Å². The monoisotopic (exact) mass is 147 g/mol. The van der Waals surface area contributed by atoms with Gasteiger partial charge in [-0.3, -0.25) is 4.89 Å². The van der Waals surface area contributed by atoms with Crippen LogP contribution in [0.1, 0.15) is 0 Å². The number of hydrogen-bond donors (Lipinski definition) is 1. The average molecular weight is 147 g/mol. The minimum absolute atomic E-state index is 0.277. The van der Waals surface area contributed by atoms with E-state index < -0.39 is 7.82 Å². The molecule has 0 radical (unpaired) electrons. The topological polar surface area (TPSA) is 79.5 Å². The second kappa shape index (κ2) is 1.76. The maximum absolute atomic E-state index is 10.3. The zero-order chi connectivity index (χ0) is 6.91. The minimum atomic E-state index is -3.93. The van der Waals surface area contributed by atoms with Crippen LogP contribution in [0.5, 0.6) is 0 Å². The Morgan fingerprint density at radius 1 is 1.89 bits per heavy atom. The molecule has 1 atom stereocenters. The van der Waals surface area contributed by atoms with E-state index in [9.17, 15) is 4.57 Å². The van der Waals surface area contributed by atoms with Crippen LogP contribution in [0.15, 0.2) is 12.0 Å². The molecule has 9 heavy (non-hydrogen) atoms. The number of allylic oxidation sites excluding steroid dienone is 1. The van der Waals surface area contributed by atoms with Crippen LogP contribution < -0.4 is 0 Å². The summed E-state index contributed by atoms with van der Waals surface area (Å²) in [6.45, 7) is 0. The molecule has 1 rings (SSSR count). The van der Waals surface area contributed by atoms with Gasteiger partial charge in [-0.1, -0.05) is 0 Å². The van der Waals surface area contributed by atoms with E-state index in [0.29, 0.717) is 0 Å². The molecule has 0 spiro atoms. The van der Waals surface area contributed by atoms with Crippen molar-refractivity contribution in [3.8, 4) is 6.07 Å². The Morgan fingerprint density at radius 2 is 2.56 bits per heavy atom. The van der Waals surface area contributed by atoms with Gasteiger partial charge in [-0.2, -0.15) is 5.26 Å². The van der Waals surface area contributed by atoms with Crippen molar-refractivity contribution < 1.29 is 18.5 Å². The van der Waals surface area contributed by atoms with Crippen LogP contribution in [0.3, 0.4) is 0 Å². The molecule has 0 aliphatic carbocycles. The molecule has 0 saturated carbocycles. The van der Waals surface area contributed by atoms with Crippen LogP contribution in [0.2, 0.25) is 0 Å². The van der Waals surface area contributed by atoms with Gasteiger partial charge in [0.15, 0.2) is 0 Å². The fourth-order valence-corrected chi connectivity index (χ4v) is 0.933. The molecule has 5 nitrogen and oxygen atoms in total. The second-order valence-corrected chi connectivity index (χ2v) is 2.59. The van der Waals surface area contributed by atoms with Crippen molar-refractivity contribution >= 4 is 7.82 Å². The molecule has 6 heteroatoms. The summed E-state index contributed by atoms with van der Waals surface area (Å²) >= 11 is 0. The van der Waals surface area contributed by atoms with E-state index in [2.05, 4.69) is 9.05 Å². The maximum Gasteiger partial charge on any atom is 0.585 e. The van der Waals surface area contributed by atoms with Gasteiger partial charge in [-0.15, -0.1) is 0 Å². The average Bonchev–Trinajstić information content (AvgIpc) is 2.10. The van der Waals surface area contributed by atoms with Gasteiger partial charge in [0, 0.05) is 0 Å². The molecule has 48 valence electrons. The molecule has 0 saturated heterocycles. The first-order valence-corrected chi connectivity index (χ1v) is 3.45. The molecule has 1 N–H and O–H groups in total. The first kappa shape index (κ1) is 6.14. The first-order chi connectivity index (χ1) is 4.14. The second-order valence-electron chi connectivity index (χ2n) is 1.26. The van der Waals surface area contributed by atoms with Gasteiger partial charge < -0.3 is 9.05 Å². The molecule has 0 aromatic carbocycles. The van der Waals surface area contributed by atoms with E-state index in [1.54, 1.807) is 0 Å². The number of phosphoric acid groups is 1. The third-order valence-electron chi connectivity index (χ3n) is 0.617. The lowest BCUT2D eigenvalue weighted by Gasteiger charge is -1.97. The SMILES string of the molecule is N#CC1=COP(=O)(O)O1. The molecule has 1 heterocycles. The smallest absolute Gasteiger partial charge is 0.398 e. The summed E-state index contributed by atoms with van der Waals surface area (Å²) in [4.78, 5) is 8.40. The van der Waals surface area contributed by atoms with Gasteiger partial charge >= 0.3 is 7.82 Å². The third kappa shape index (κ3) is 1.22. The Morgan fingerprint density at radius 3 is 2.78 bits per heavy atom. The highest BCUT2D eigenvalue weighted by molar-refractivity contribution is 7.47. The Hall–Kier alpha value is -0.980. The molecule has 1 unspecified atom stereocenters. The Labute approximate surface area is 50.7 Å². The first-order valence-electron chi connectivity index (χ1n) is 1.95. The predicted octanol–water partition coefficient (Wildman–Crippen LogP) is 0.499. The van der Waals surface area contributed by atoms with Crippen molar-refractivity contribution in [1.82, 2.24) is 0 Å². The summed E-state index contributed by atoms with van der Waals surface area (Å²) in [6, 6.07) is 1.50. The lowest BCUT2D eigenvalue weighted by Crippen LogP contribution is -1.77. The third-order valence-corrected chi connectivity index (χ3v) is 1.42. The molecule has 0 amide bonds. The quantitative estimate of drug-likeness (QED) is 0.504. The largest absolute Gasteiger partial charge is 0.585 e. The molecular formula is C3H2NO4P. The molecular weight excluding hydrogens is 145 g/mol. The Balaban J connectivity index is 2.74. The van der Waals surface area contributed by atoms with Crippen LogP contribution in [0.25, 0.3) is 0 Å². The normalized spacial score (nSPS) is 31.8. The van der Waals surface area contributed by atoms with Crippen LogP contribution >= 0.6 is 7.82 Å². The predicted molar refractivity (Wildman–Crippen MR) is 25.7 cm³/mol. The van der Waals surface area contributed by atoms with Gasteiger partial charge in [0.05, 0.1) is 0 Å². The van der Waals surface area contributed by atoms with E-state index in [1.807, 2.05) is 0 Å². The number of hydrogen-bond acceptors (Lipinski definition) is 4. The fraction of sp³-hybridized carbons (Fsp3) is 0. The van der Waals surface area contributed by atoms with E-state index in [4.69, 9.17) is 10.2 Å². The zero-order valence-corrected chi connectivity index (χ0v) is 5.04. The van der Waals surface area contributed by atoms with Crippen molar-refractivity contribution in [2.75, 3.05) is 0 Å². The van der Waals surface area contributed by atoms with Gasteiger partial charge in [0.2, 0.25) is 5.76 Å². The highest BCUT2D eigenvalue weighted by atomic mass is 31.2. The van der Waals surface area contributed by atoms with Crippen LogP contribution in [-0.2, 0) is 13.6 Å². The van der Waals surface area contributed by atoms with Crippen LogP contribution in [-0.4, -0.2) is 4.89 Å². The molecule has 1 aliphatic heterocycles. The van der Waals surface area contributed by atoms with Gasteiger partial charge in [-0.25, -0.2) is 4.57 Å². The Bertz CT molecular complexity index is 239. The summed E-state index contributed by atoms with van der Waals surface area (Å²) < 4.78 is 18.4. The molecule has 0 aromatic heterocycles. The van der Waals surface area contributed by atoms with E-state index >= 15 is 0 Å². The Kier molecular flexibility index (Phi) is 1.20. The van der Waals surface area contributed by atoms with Crippen molar-refractivity contribution in [1.29, 1.82) is 5.26 Å². The molecule has 0 fully saturated rings. The van der Waals surface area contributed by atoms with E-state index in [1.165, 1.54) is 6.07 Å². The maximum atomic E-state index is 10.3. The van der Waals surface area contributed by atoms with Crippen molar-refractivity contribution in [3.05, 3.63) is 12.0 Å². The van der Waals surface area contributed by atoms with Gasteiger partial charge in [0.25, 0.3) is 0 Å². The number of nitrogens with zero attached hydrogens (tertiary/aromatic N) is 1.